The standard InChI is InChI=1S/C22H25N9O2.C14H21N3O.C9H8N6O3S/c1-29-10-12-30(13-11-29)19(32)16-6-4-15(5-7-16)8-9-24-21-26-20(23)31-22(27-21)25-18(28-31)17-3-2-14-33-17;1-16-8-10-17(11-9-16)14(18)13-4-2-12(3-5-13)6-7-15;1-19(16,17)9-12-7(10)15-8(13-9)11-6(14-15)5-3-2-4-18-5/h2-7,14H,8-13H2,1H3,(H3,23,24,25,26,27,28);2-5H,6-11,15H2,1H3;2-4H,1H3,(H2,10,11,12,13,14). The second-order valence-corrected chi connectivity index (χ2v) is 18.5. The van der Waals surface area contributed by atoms with E-state index in [1.807, 2.05) is 58.3 Å². The Balaban J connectivity index is 0.000000152. The van der Waals surface area contributed by atoms with Crippen molar-refractivity contribution in [3.8, 4) is 23.2 Å². The monoisotopic (exact) mass is 974 g/mol. The van der Waals surface area contributed by atoms with Gasteiger partial charge in [0.05, 0.1) is 12.5 Å². The van der Waals surface area contributed by atoms with E-state index in [1.165, 1.54) is 16.3 Å². The molecule has 0 spiro atoms. The SMILES string of the molecule is CN1CCN(C(=O)c2ccc(CCN)cc2)CC1.CN1CCN(C(=O)c2ccc(CCNc3nc(N)n4nc(-c5ccco5)nc4n3)cc2)CC1.CS(=O)(=O)c1nc(N)n2nc(-c3ccco3)nc2n1. The number of hydrogen-bond acceptors (Lipinski definition) is 20. The van der Waals surface area contributed by atoms with Crippen molar-refractivity contribution in [1.29, 1.82) is 0 Å². The zero-order valence-electron chi connectivity index (χ0n) is 38.9. The molecule has 2 saturated heterocycles. The van der Waals surface area contributed by atoms with Crippen molar-refractivity contribution in [3.63, 3.8) is 0 Å². The van der Waals surface area contributed by atoms with Crippen LogP contribution >= 0.6 is 0 Å². The highest BCUT2D eigenvalue weighted by atomic mass is 32.2. The second kappa shape index (κ2) is 21.6. The number of carbonyl (C=O) groups excluding carboxylic acids is 2. The van der Waals surface area contributed by atoms with E-state index >= 15 is 0 Å². The summed E-state index contributed by atoms with van der Waals surface area (Å²) in [5.41, 5.74) is 21.0. The van der Waals surface area contributed by atoms with Gasteiger partial charge in [-0.1, -0.05) is 24.3 Å². The topological polar surface area (TPSA) is 310 Å². The van der Waals surface area contributed by atoms with Crippen LogP contribution < -0.4 is 22.5 Å². The molecule has 0 bridgehead atoms. The van der Waals surface area contributed by atoms with Gasteiger partial charge in [-0.2, -0.15) is 38.9 Å². The molecule has 10 rings (SSSR count). The van der Waals surface area contributed by atoms with E-state index in [0.29, 0.717) is 42.2 Å². The summed E-state index contributed by atoms with van der Waals surface area (Å²) in [7, 11) is 0.594. The predicted octanol–water partition coefficient (Wildman–Crippen LogP) is 1.74. The van der Waals surface area contributed by atoms with E-state index in [4.69, 9.17) is 26.0 Å². The lowest BCUT2D eigenvalue weighted by molar-refractivity contribution is 0.0657. The van der Waals surface area contributed by atoms with Gasteiger partial charge in [0.2, 0.25) is 39.3 Å². The summed E-state index contributed by atoms with van der Waals surface area (Å²) in [6, 6.07) is 22.4. The average molecular weight is 975 g/mol. The molecule has 2 aliphatic heterocycles. The van der Waals surface area contributed by atoms with Gasteiger partial charge < -0.3 is 51.0 Å². The first kappa shape index (κ1) is 48.6. The number of carbonyl (C=O) groups is 2. The molecule has 8 aromatic rings. The third-order valence-electron chi connectivity index (χ3n) is 11.4. The number of benzene rings is 2. The van der Waals surface area contributed by atoms with Crippen molar-refractivity contribution in [2.45, 2.75) is 18.0 Å². The van der Waals surface area contributed by atoms with Crippen LogP contribution in [0.4, 0.5) is 17.8 Å². The minimum Gasteiger partial charge on any atom is -0.461 e. The zero-order chi connectivity index (χ0) is 49.4. The second-order valence-electron chi connectivity index (χ2n) is 16.6. The van der Waals surface area contributed by atoms with E-state index in [-0.39, 0.29) is 35.3 Å². The number of anilines is 3. The molecule has 2 aliphatic rings. The van der Waals surface area contributed by atoms with Gasteiger partial charge in [-0.25, -0.2) is 8.42 Å². The predicted molar refractivity (Wildman–Crippen MR) is 259 cm³/mol. The number of sulfone groups is 1. The molecule has 24 nitrogen and oxygen atoms in total. The van der Waals surface area contributed by atoms with Crippen LogP contribution in [-0.4, -0.2) is 175 Å². The first-order valence-corrected chi connectivity index (χ1v) is 24.3. The van der Waals surface area contributed by atoms with Gasteiger partial charge in [0.15, 0.2) is 11.5 Å². The number of amides is 2. The number of aromatic nitrogens is 10. The lowest BCUT2D eigenvalue weighted by atomic mass is 10.1. The fraction of sp³-hybridized carbons (Fsp3) is 0.333. The summed E-state index contributed by atoms with van der Waals surface area (Å²) < 4.78 is 35.8. The first-order chi connectivity index (χ1) is 33.7. The zero-order valence-corrected chi connectivity index (χ0v) is 39.7. The summed E-state index contributed by atoms with van der Waals surface area (Å²) in [5.74, 6) is 2.64. The van der Waals surface area contributed by atoms with Gasteiger partial charge in [0.1, 0.15) is 0 Å². The molecule has 70 heavy (non-hydrogen) atoms. The van der Waals surface area contributed by atoms with E-state index in [9.17, 15) is 18.0 Å². The highest BCUT2D eigenvalue weighted by Gasteiger charge is 2.22. The van der Waals surface area contributed by atoms with E-state index < -0.39 is 15.0 Å². The molecule has 25 heteroatoms. The average Bonchev–Trinajstić information content (AvgIpc) is 4.21. The third kappa shape index (κ3) is 11.9. The maximum Gasteiger partial charge on any atom is 0.259 e. The number of piperazine rings is 2. The molecule has 2 aromatic carbocycles. The van der Waals surface area contributed by atoms with Gasteiger partial charge in [-0.3, -0.25) is 9.59 Å². The van der Waals surface area contributed by atoms with Crippen LogP contribution in [0.3, 0.4) is 0 Å². The van der Waals surface area contributed by atoms with Crippen molar-refractivity contribution in [2.75, 3.05) is 103 Å². The normalized spacial score (nSPS) is 14.5. The molecule has 0 saturated carbocycles. The number of nitrogens with one attached hydrogen (secondary N) is 1. The highest BCUT2D eigenvalue weighted by Crippen LogP contribution is 2.20. The van der Waals surface area contributed by atoms with Gasteiger partial charge in [0, 0.05) is 76.3 Å². The fourth-order valence-electron chi connectivity index (χ4n) is 7.35. The smallest absolute Gasteiger partial charge is 0.259 e. The third-order valence-corrected chi connectivity index (χ3v) is 12.2. The van der Waals surface area contributed by atoms with E-state index in [0.717, 1.165) is 92.7 Å². The van der Waals surface area contributed by atoms with Crippen LogP contribution in [0.2, 0.25) is 0 Å². The number of hydrogen-bond donors (Lipinski definition) is 4. The maximum atomic E-state index is 12.7. The minimum atomic E-state index is -3.57. The Bertz CT molecular complexity index is 3130. The Morgan fingerprint density at radius 1 is 0.614 bits per heavy atom. The molecule has 7 N–H and O–H groups in total. The Labute approximate surface area is 402 Å². The van der Waals surface area contributed by atoms with Crippen molar-refractivity contribution in [2.24, 2.45) is 5.73 Å². The number of fused-ring (bicyclic) bond motifs is 2. The summed E-state index contributed by atoms with van der Waals surface area (Å²) in [5, 5.41) is 11.1. The lowest BCUT2D eigenvalue weighted by Crippen LogP contribution is -2.47. The van der Waals surface area contributed by atoms with Crippen molar-refractivity contribution in [1.82, 2.24) is 68.7 Å². The fourth-order valence-corrected chi connectivity index (χ4v) is 7.86. The number of nitrogens with zero attached hydrogens (tertiary/aromatic N) is 14. The molecule has 0 radical (unpaired) electrons. The van der Waals surface area contributed by atoms with Crippen molar-refractivity contribution in [3.05, 3.63) is 108 Å². The molecular formula is C45H54N18O6S. The van der Waals surface area contributed by atoms with Crippen LogP contribution in [0, 0.1) is 0 Å². The van der Waals surface area contributed by atoms with Crippen LogP contribution in [0.1, 0.15) is 31.8 Å². The molecule has 0 unspecified atom stereocenters. The van der Waals surface area contributed by atoms with Crippen LogP contribution in [0.25, 0.3) is 34.7 Å². The van der Waals surface area contributed by atoms with E-state index in [2.05, 4.69) is 69.3 Å². The van der Waals surface area contributed by atoms with E-state index in [1.54, 1.807) is 30.5 Å². The van der Waals surface area contributed by atoms with Gasteiger partial charge >= 0.3 is 0 Å². The summed E-state index contributed by atoms with van der Waals surface area (Å²) in [4.78, 5) is 57.8. The first-order valence-electron chi connectivity index (χ1n) is 22.4. The summed E-state index contributed by atoms with van der Waals surface area (Å²) >= 11 is 0. The highest BCUT2D eigenvalue weighted by molar-refractivity contribution is 7.90. The summed E-state index contributed by atoms with van der Waals surface area (Å²) in [6.07, 6.45) is 5.61. The van der Waals surface area contributed by atoms with Gasteiger partial charge in [-0.05, 0) is 93.1 Å². The Morgan fingerprint density at radius 2 is 1.07 bits per heavy atom. The number of furan rings is 2. The molecule has 2 fully saturated rings. The van der Waals surface area contributed by atoms with Crippen molar-refractivity contribution < 1.29 is 26.8 Å². The number of rotatable bonds is 11. The van der Waals surface area contributed by atoms with Crippen LogP contribution in [0.5, 0.6) is 0 Å². The minimum absolute atomic E-state index is 0.0410. The molecule has 2 amide bonds. The number of likely N-dealkylation sites (N-methyl/N-ethyl adjacent to an activating group) is 2. The molecular weight excluding hydrogens is 921 g/mol. The Morgan fingerprint density at radius 3 is 1.51 bits per heavy atom. The lowest BCUT2D eigenvalue weighted by Gasteiger charge is -2.32. The molecule has 366 valence electrons. The molecule has 8 heterocycles. The molecule has 0 aliphatic carbocycles. The Kier molecular flexibility index (Phi) is 15.0. The van der Waals surface area contributed by atoms with Crippen molar-refractivity contribution >= 4 is 51.1 Å². The Hall–Kier alpha value is -7.87. The molecule has 0 atom stereocenters. The van der Waals surface area contributed by atoms with Gasteiger partial charge in [-0.15, -0.1) is 10.2 Å². The van der Waals surface area contributed by atoms with Gasteiger partial charge in [0.25, 0.3) is 28.5 Å². The maximum absolute atomic E-state index is 12.7. The number of nitrogens with two attached hydrogens (primary N) is 3. The number of nitrogen functional groups attached to an aromatic ring is 2. The molecule has 6 aromatic heterocycles. The largest absolute Gasteiger partial charge is 0.461 e. The summed E-state index contributed by atoms with van der Waals surface area (Å²) in [6.45, 7) is 8.15. The van der Waals surface area contributed by atoms with Crippen LogP contribution in [-0.2, 0) is 22.7 Å². The quantitative estimate of drug-likeness (QED) is 0.143. The van der Waals surface area contributed by atoms with Crippen LogP contribution in [0.15, 0.2) is 99.3 Å².